The molecule has 0 aliphatic heterocycles. The highest BCUT2D eigenvalue weighted by Crippen LogP contribution is 2.23. The van der Waals surface area contributed by atoms with Gasteiger partial charge in [-0.1, -0.05) is 0 Å². The van der Waals surface area contributed by atoms with Gasteiger partial charge >= 0.3 is 0 Å². The quantitative estimate of drug-likeness (QED) is 0.737. The van der Waals surface area contributed by atoms with E-state index in [0.29, 0.717) is 0 Å². The number of hydrogen-bond donors (Lipinski definition) is 0. The van der Waals surface area contributed by atoms with Gasteiger partial charge in [0, 0.05) is 12.6 Å². The van der Waals surface area contributed by atoms with Crippen molar-refractivity contribution in [3.63, 3.8) is 0 Å². The van der Waals surface area contributed by atoms with Crippen LogP contribution in [0.3, 0.4) is 0 Å². The van der Waals surface area contributed by atoms with Crippen molar-refractivity contribution in [1.29, 1.82) is 0 Å². The molecular weight excluding hydrogens is 192 g/mol. The summed E-state index contributed by atoms with van der Waals surface area (Å²) in [7, 11) is 3.47. The summed E-state index contributed by atoms with van der Waals surface area (Å²) >= 11 is 0. The monoisotopic (exact) mass is 204 g/mol. The molecule has 0 N–H and O–H groups in total. The summed E-state index contributed by atoms with van der Waals surface area (Å²) in [5, 5.41) is 11.3. The zero-order chi connectivity index (χ0) is 10.8. The lowest BCUT2D eigenvalue weighted by molar-refractivity contribution is 0.412. The first-order chi connectivity index (χ1) is 7.22. The highest BCUT2D eigenvalue weighted by Gasteiger charge is 2.07. The van der Waals surface area contributed by atoms with Gasteiger partial charge in [0.2, 0.25) is 0 Å². The first kappa shape index (κ1) is 9.64. The molecule has 1 aromatic carbocycles. The molecule has 1 aromatic heterocycles. The highest BCUT2D eigenvalue weighted by atomic mass is 16.5. The molecule has 0 unspecified atom stereocenters. The van der Waals surface area contributed by atoms with Crippen molar-refractivity contribution in [1.82, 2.24) is 20.2 Å². The second kappa shape index (κ2) is 3.68. The zero-order valence-electron chi connectivity index (χ0n) is 8.93. The van der Waals surface area contributed by atoms with Gasteiger partial charge in [-0.3, -0.25) is 0 Å². The van der Waals surface area contributed by atoms with E-state index in [9.17, 15) is 0 Å². The van der Waals surface area contributed by atoms with E-state index in [1.54, 1.807) is 11.8 Å². The van der Waals surface area contributed by atoms with Crippen molar-refractivity contribution in [3.8, 4) is 17.1 Å². The molecular formula is C10H12N4O. The molecule has 0 fully saturated rings. The van der Waals surface area contributed by atoms with Gasteiger partial charge in [-0.15, -0.1) is 5.10 Å². The van der Waals surface area contributed by atoms with E-state index in [-0.39, 0.29) is 0 Å². The summed E-state index contributed by atoms with van der Waals surface area (Å²) in [6.07, 6.45) is 0. The Morgan fingerprint density at radius 3 is 2.67 bits per heavy atom. The largest absolute Gasteiger partial charge is 0.496 e. The SMILES string of the molecule is COc1ccc(-c2nnnn2C)cc1C. The summed E-state index contributed by atoms with van der Waals surface area (Å²) in [5.74, 6) is 1.62. The van der Waals surface area contributed by atoms with Crippen LogP contribution in [0.2, 0.25) is 0 Å². The Morgan fingerprint density at radius 2 is 2.13 bits per heavy atom. The number of rotatable bonds is 2. The molecule has 0 bridgehead atoms. The molecule has 0 spiro atoms. The maximum atomic E-state index is 5.19. The average molecular weight is 204 g/mol. The molecule has 0 aliphatic carbocycles. The standard InChI is InChI=1S/C10H12N4O/c1-7-6-8(4-5-9(7)15-3)10-11-12-13-14(10)2/h4-6H,1-3H3. The topological polar surface area (TPSA) is 52.8 Å². The molecule has 0 amide bonds. The van der Waals surface area contributed by atoms with Crippen molar-refractivity contribution in [3.05, 3.63) is 23.8 Å². The van der Waals surface area contributed by atoms with E-state index >= 15 is 0 Å². The van der Waals surface area contributed by atoms with Crippen LogP contribution in [0.1, 0.15) is 5.56 Å². The number of aryl methyl sites for hydroxylation is 2. The molecule has 2 aromatic rings. The van der Waals surface area contributed by atoms with E-state index in [1.165, 1.54) is 0 Å². The number of benzene rings is 1. The minimum Gasteiger partial charge on any atom is -0.496 e. The van der Waals surface area contributed by atoms with Gasteiger partial charge in [-0.05, 0) is 41.1 Å². The first-order valence-corrected chi connectivity index (χ1v) is 4.59. The lowest BCUT2D eigenvalue weighted by Crippen LogP contribution is -1.95. The van der Waals surface area contributed by atoms with E-state index in [2.05, 4.69) is 15.5 Å². The Balaban J connectivity index is 2.47. The highest BCUT2D eigenvalue weighted by molar-refractivity contribution is 5.58. The molecule has 2 rings (SSSR count). The number of nitrogens with zero attached hydrogens (tertiary/aromatic N) is 4. The van der Waals surface area contributed by atoms with Crippen LogP contribution in [0.15, 0.2) is 18.2 Å². The Kier molecular flexibility index (Phi) is 2.37. The predicted octanol–water partition coefficient (Wildman–Crippen LogP) is 1.19. The summed E-state index contributed by atoms with van der Waals surface area (Å²) in [6, 6.07) is 5.86. The summed E-state index contributed by atoms with van der Waals surface area (Å²) in [6.45, 7) is 1.99. The van der Waals surface area contributed by atoms with Crippen LogP contribution in [0.4, 0.5) is 0 Å². The Hall–Kier alpha value is -1.91. The molecule has 0 atom stereocenters. The molecule has 78 valence electrons. The Bertz CT molecular complexity index is 478. The summed E-state index contributed by atoms with van der Waals surface area (Å²) in [5.41, 5.74) is 2.05. The average Bonchev–Trinajstić information content (AvgIpc) is 2.64. The van der Waals surface area contributed by atoms with Crippen molar-refractivity contribution in [2.45, 2.75) is 6.92 Å². The lowest BCUT2D eigenvalue weighted by Gasteiger charge is -2.05. The zero-order valence-corrected chi connectivity index (χ0v) is 8.93. The maximum absolute atomic E-state index is 5.19. The van der Waals surface area contributed by atoms with Gasteiger partial charge in [-0.25, -0.2) is 4.68 Å². The molecule has 0 radical (unpaired) electrons. The molecule has 15 heavy (non-hydrogen) atoms. The van der Waals surface area contributed by atoms with E-state index in [0.717, 1.165) is 22.7 Å². The van der Waals surface area contributed by atoms with Crippen molar-refractivity contribution < 1.29 is 4.74 Å². The van der Waals surface area contributed by atoms with Crippen LogP contribution in [0.5, 0.6) is 5.75 Å². The number of tetrazole rings is 1. The van der Waals surface area contributed by atoms with Crippen LogP contribution in [-0.2, 0) is 7.05 Å². The third kappa shape index (κ3) is 1.68. The number of aromatic nitrogens is 4. The van der Waals surface area contributed by atoms with Crippen LogP contribution in [-0.4, -0.2) is 27.3 Å². The second-order valence-corrected chi connectivity index (χ2v) is 3.31. The van der Waals surface area contributed by atoms with E-state index in [1.807, 2.05) is 32.2 Å². The van der Waals surface area contributed by atoms with Crippen LogP contribution in [0.25, 0.3) is 11.4 Å². The summed E-state index contributed by atoms with van der Waals surface area (Å²) < 4.78 is 6.83. The minimum atomic E-state index is 0.751. The van der Waals surface area contributed by atoms with Gasteiger partial charge in [0.15, 0.2) is 5.82 Å². The maximum Gasteiger partial charge on any atom is 0.181 e. The molecule has 1 heterocycles. The molecule has 5 heteroatoms. The van der Waals surface area contributed by atoms with E-state index in [4.69, 9.17) is 4.74 Å². The van der Waals surface area contributed by atoms with Crippen LogP contribution < -0.4 is 4.74 Å². The number of hydrogen-bond acceptors (Lipinski definition) is 4. The van der Waals surface area contributed by atoms with Gasteiger partial charge < -0.3 is 4.74 Å². The fourth-order valence-corrected chi connectivity index (χ4v) is 1.49. The van der Waals surface area contributed by atoms with Gasteiger partial charge in [0.05, 0.1) is 7.11 Å². The lowest BCUT2D eigenvalue weighted by atomic mass is 10.1. The first-order valence-electron chi connectivity index (χ1n) is 4.59. The van der Waals surface area contributed by atoms with Gasteiger partial charge in [-0.2, -0.15) is 0 Å². The third-order valence-corrected chi connectivity index (χ3v) is 2.27. The van der Waals surface area contributed by atoms with Gasteiger partial charge in [0.25, 0.3) is 0 Å². The fraction of sp³-hybridized carbons (Fsp3) is 0.300. The van der Waals surface area contributed by atoms with Crippen molar-refractivity contribution >= 4 is 0 Å². The van der Waals surface area contributed by atoms with Crippen LogP contribution in [0, 0.1) is 6.92 Å². The third-order valence-electron chi connectivity index (χ3n) is 2.27. The van der Waals surface area contributed by atoms with Crippen molar-refractivity contribution in [2.24, 2.45) is 7.05 Å². The van der Waals surface area contributed by atoms with Crippen molar-refractivity contribution in [2.75, 3.05) is 7.11 Å². The van der Waals surface area contributed by atoms with Gasteiger partial charge in [0.1, 0.15) is 5.75 Å². The smallest absolute Gasteiger partial charge is 0.181 e. The van der Waals surface area contributed by atoms with E-state index < -0.39 is 0 Å². The second-order valence-electron chi connectivity index (χ2n) is 3.31. The Labute approximate surface area is 87.7 Å². The fourth-order valence-electron chi connectivity index (χ4n) is 1.49. The number of methoxy groups -OCH3 is 1. The molecule has 0 aliphatic rings. The molecule has 0 saturated heterocycles. The molecule has 0 saturated carbocycles. The normalized spacial score (nSPS) is 10.3. The molecule has 5 nitrogen and oxygen atoms in total. The predicted molar refractivity (Wildman–Crippen MR) is 55.5 cm³/mol. The van der Waals surface area contributed by atoms with Crippen LogP contribution >= 0.6 is 0 Å². The number of ether oxygens (including phenoxy) is 1. The minimum absolute atomic E-state index is 0.751. The summed E-state index contributed by atoms with van der Waals surface area (Å²) in [4.78, 5) is 0. The Morgan fingerprint density at radius 1 is 1.33 bits per heavy atom.